The van der Waals surface area contributed by atoms with Crippen LogP contribution in [-0.2, 0) is 12.7 Å². The average molecular weight is 524 g/mol. The molecule has 0 atom stereocenters. The Kier molecular flexibility index (Phi) is 7.00. The van der Waals surface area contributed by atoms with Gasteiger partial charge < -0.3 is 10.1 Å². The summed E-state index contributed by atoms with van der Waals surface area (Å²) in [7, 11) is 0. The standard InChI is InChI=1S/C24H15Cl2F4N3O2/c25-18-11-16(27)5-8-21(18)35-17-6-3-14(4-7-17)12-32-23(34)20-2-1-9-33(20)22-19(26)10-15(13-31-22)24(28,29)30/h1-11,13H,12H2,(H,32,34). The minimum atomic E-state index is -4.59. The van der Waals surface area contributed by atoms with Crippen molar-refractivity contribution in [3.05, 3.63) is 106 Å². The van der Waals surface area contributed by atoms with Gasteiger partial charge in [0.05, 0.1) is 15.6 Å². The van der Waals surface area contributed by atoms with Gasteiger partial charge in [-0.1, -0.05) is 35.3 Å². The van der Waals surface area contributed by atoms with Crippen LogP contribution in [0.25, 0.3) is 5.82 Å². The van der Waals surface area contributed by atoms with Gasteiger partial charge in [-0.05, 0) is 54.1 Å². The Morgan fingerprint density at radius 3 is 2.43 bits per heavy atom. The van der Waals surface area contributed by atoms with Crippen LogP contribution in [0.1, 0.15) is 21.6 Å². The molecule has 0 radical (unpaired) electrons. The molecule has 0 spiro atoms. The van der Waals surface area contributed by atoms with E-state index in [0.29, 0.717) is 17.7 Å². The summed E-state index contributed by atoms with van der Waals surface area (Å²) < 4.78 is 58.7. The van der Waals surface area contributed by atoms with Gasteiger partial charge in [-0.25, -0.2) is 9.37 Å². The van der Waals surface area contributed by atoms with E-state index in [1.165, 1.54) is 29.0 Å². The molecule has 5 nitrogen and oxygen atoms in total. The van der Waals surface area contributed by atoms with Gasteiger partial charge in [-0.2, -0.15) is 13.2 Å². The van der Waals surface area contributed by atoms with E-state index in [1.807, 2.05) is 0 Å². The van der Waals surface area contributed by atoms with E-state index >= 15 is 0 Å². The maximum Gasteiger partial charge on any atom is 0.417 e. The number of nitrogens with one attached hydrogen (secondary N) is 1. The number of carbonyl (C=O) groups excluding carboxylic acids is 1. The Labute approximate surface area is 206 Å². The number of pyridine rings is 1. The number of amides is 1. The maximum atomic E-state index is 13.2. The van der Waals surface area contributed by atoms with Gasteiger partial charge in [0, 0.05) is 18.9 Å². The summed E-state index contributed by atoms with van der Waals surface area (Å²) in [6.07, 6.45) is -2.45. The topological polar surface area (TPSA) is 56.1 Å². The fourth-order valence-corrected chi connectivity index (χ4v) is 3.61. The number of hydrogen-bond donors (Lipinski definition) is 1. The zero-order valence-electron chi connectivity index (χ0n) is 17.6. The number of hydrogen-bond acceptors (Lipinski definition) is 3. The lowest BCUT2D eigenvalue weighted by Gasteiger charge is -2.13. The third-order valence-corrected chi connectivity index (χ3v) is 5.43. The lowest BCUT2D eigenvalue weighted by molar-refractivity contribution is -0.137. The molecule has 0 saturated carbocycles. The summed E-state index contributed by atoms with van der Waals surface area (Å²) in [5, 5.41) is 2.62. The van der Waals surface area contributed by atoms with E-state index in [0.717, 1.165) is 17.7 Å². The van der Waals surface area contributed by atoms with Crippen LogP contribution in [0.5, 0.6) is 11.5 Å². The molecular weight excluding hydrogens is 509 g/mol. The van der Waals surface area contributed by atoms with Crippen LogP contribution in [0.4, 0.5) is 17.6 Å². The molecule has 180 valence electrons. The smallest absolute Gasteiger partial charge is 0.417 e. The van der Waals surface area contributed by atoms with Gasteiger partial charge in [-0.3, -0.25) is 9.36 Å². The molecule has 2 heterocycles. The van der Waals surface area contributed by atoms with Gasteiger partial charge in [0.25, 0.3) is 5.91 Å². The van der Waals surface area contributed by atoms with Gasteiger partial charge in [-0.15, -0.1) is 0 Å². The minimum absolute atomic E-state index is 0.00391. The molecule has 0 saturated heterocycles. The van der Waals surface area contributed by atoms with Crippen LogP contribution in [-0.4, -0.2) is 15.5 Å². The largest absolute Gasteiger partial charge is 0.456 e. The molecule has 1 N–H and O–H groups in total. The monoisotopic (exact) mass is 523 g/mol. The molecule has 1 amide bonds. The fraction of sp³-hybridized carbons (Fsp3) is 0.0833. The molecule has 11 heteroatoms. The summed E-state index contributed by atoms with van der Waals surface area (Å²) in [6.45, 7) is 0.162. The fourth-order valence-electron chi connectivity index (χ4n) is 3.15. The van der Waals surface area contributed by atoms with Crippen molar-refractivity contribution in [2.75, 3.05) is 0 Å². The first-order valence-corrected chi connectivity index (χ1v) is 10.8. The lowest BCUT2D eigenvalue weighted by Crippen LogP contribution is -2.25. The van der Waals surface area contributed by atoms with Crippen molar-refractivity contribution in [2.24, 2.45) is 0 Å². The highest BCUT2D eigenvalue weighted by atomic mass is 35.5. The van der Waals surface area contributed by atoms with Crippen molar-refractivity contribution in [1.82, 2.24) is 14.9 Å². The molecule has 4 aromatic rings. The summed E-state index contributed by atoms with van der Waals surface area (Å²) >= 11 is 12.0. The van der Waals surface area contributed by atoms with E-state index < -0.39 is 23.5 Å². The zero-order valence-corrected chi connectivity index (χ0v) is 19.1. The first-order valence-electron chi connectivity index (χ1n) is 10.0. The predicted octanol–water partition coefficient (Wildman–Crippen LogP) is 7.06. The van der Waals surface area contributed by atoms with Crippen molar-refractivity contribution >= 4 is 29.1 Å². The third kappa shape index (κ3) is 5.75. The van der Waals surface area contributed by atoms with Crippen molar-refractivity contribution in [3.63, 3.8) is 0 Å². The maximum absolute atomic E-state index is 13.2. The molecule has 2 aromatic carbocycles. The normalized spacial score (nSPS) is 11.4. The molecule has 0 bridgehead atoms. The Morgan fingerprint density at radius 1 is 1.03 bits per heavy atom. The van der Waals surface area contributed by atoms with Gasteiger partial charge >= 0.3 is 6.18 Å². The van der Waals surface area contributed by atoms with Gasteiger partial charge in [0.15, 0.2) is 5.82 Å². The molecule has 0 aliphatic carbocycles. The number of ether oxygens (including phenoxy) is 1. The second kappa shape index (κ2) is 9.97. The van der Waals surface area contributed by atoms with E-state index in [-0.39, 0.29) is 28.1 Å². The Hall–Kier alpha value is -3.56. The van der Waals surface area contributed by atoms with Crippen LogP contribution in [0, 0.1) is 5.82 Å². The summed E-state index contributed by atoms with van der Waals surface area (Å²) in [5.41, 5.74) is -0.0942. The molecule has 4 rings (SSSR count). The average Bonchev–Trinajstić information content (AvgIpc) is 3.29. The molecule has 0 aliphatic heterocycles. The highest BCUT2D eigenvalue weighted by Gasteiger charge is 2.32. The van der Waals surface area contributed by atoms with Crippen molar-refractivity contribution in [2.45, 2.75) is 12.7 Å². The quantitative estimate of drug-likeness (QED) is 0.275. The van der Waals surface area contributed by atoms with Gasteiger partial charge in [0.1, 0.15) is 23.0 Å². The lowest BCUT2D eigenvalue weighted by atomic mass is 10.2. The number of alkyl halides is 3. The van der Waals surface area contributed by atoms with E-state index in [4.69, 9.17) is 27.9 Å². The molecule has 35 heavy (non-hydrogen) atoms. The minimum Gasteiger partial charge on any atom is -0.456 e. The molecular formula is C24H15Cl2F4N3O2. The molecule has 0 aliphatic rings. The Morgan fingerprint density at radius 2 is 1.77 bits per heavy atom. The molecule has 0 fully saturated rings. The van der Waals surface area contributed by atoms with Crippen LogP contribution in [0.2, 0.25) is 10.0 Å². The van der Waals surface area contributed by atoms with E-state index in [9.17, 15) is 22.4 Å². The third-order valence-electron chi connectivity index (χ3n) is 4.86. The Balaban J connectivity index is 1.42. The Bertz CT molecular complexity index is 1370. The number of benzene rings is 2. The summed E-state index contributed by atoms with van der Waals surface area (Å²) in [6, 6.07) is 14.4. The van der Waals surface area contributed by atoms with E-state index in [2.05, 4.69) is 10.3 Å². The van der Waals surface area contributed by atoms with E-state index in [1.54, 1.807) is 30.3 Å². The number of rotatable bonds is 6. The highest BCUT2D eigenvalue weighted by molar-refractivity contribution is 6.32. The van der Waals surface area contributed by atoms with Crippen LogP contribution >= 0.6 is 23.2 Å². The first-order chi connectivity index (χ1) is 16.6. The second-order valence-corrected chi connectivity index (χ2v) is 8.11. The second-order valence-electron chi connectivity index (χ2n) is 7.29. The SMILES string of the molecule is O=C(NCc1ccc(Oc2ccc(F)cc2Cl)cc1)c1cccn1-c1ncc(C(F)(F)F)cc1Cl. The number of nitrogens with zero attached hydrogens (tertiary/aromatic N) is 2. The number of aromatic nitrogens is 2. The molecule has 2 aromatic heterocycles. The van der Waals surface area contributed by atoms with Crippen molar-refractivity contribution in [3.8, 4) is 17.3 Å². The predicted molar refractivity (Wildman–Crippen MR) is 123 cm³/mol. The highest BCUT2D eigenvalue weighted by Crippen LogP contribution is 2.32. The summed E-state index contributed by atoms with van der Waals surface area (Å²) in [5.74, 6) is -0.200. The van der Waals surface area contributed by atoms with Crippen LogP contribution in [0.3, 0.4) is 0 Å². The van der Waals surface area contributed by atoms with Gasteiger partial charge in [0.2, 0.25) is 0 Å². The molecule has 0 unspecified atom stereocenters. The first kappa shape index (κ1) is 24.6. The number of halogens is 6. The zero-order chi connectivity index (χ0) is 25.2. The number of carbonyl (C=O) groups is 1. The van der Waals surface area contributed by atoms with Crippen LogP contribution < -0.4 is 10.1 Å². The van der Waals surface area contributed by atoms with Crippen molar-refractivity contribution < 1.29 is 27.1 Å². The summed E-state index contributed by atoms with van der Waals surface area (Å²) in [4.78, 5) is 16.5. The van der Waals surface area contributed by atoms with Crippen molar-refractivity contribution in [1.29, 1.82) is 0 Å². The van der Waals surface area contributed by atoms with Crippen LogP contribution in [0.15, 0.2) is 73.1 Å².